The third-order valence-electron chi connectivity index (χ3n) is 2.47. The van der Waals surface area contributed by atoms with Crippen molar-refractivity contribution in [2.75, 3.05) is 6.61 Å². The van der Waals surface area contributed by atoms with E-state index in [1.54, 1.807) is 6.20 Å². The highest BCUT2D eigenvalue weighted by Gasteiger charge is 2.17. The molecule has 0 aliphatic carbocycles. The number of carbonyl (C=O) groups is 1. The van der Waals surface area contributed by atoms with E-state index in [9.17, 15) is 4.79 Å². The van der Waals surface area contributed by atoms with E-state index in [0.717, 1.165) is 31.6 Å². The molecule has 0 amide bonds. The molecular formula is C10H14N2O3. The van der Waals surface area contributed by atoms with Crippen molar-refractivity contribution in [1.82, 2.24) is 9.97 Å². The monoisotopic (exact) mass is 210 g/mol. The van der Waals surface area contributed by atoms with Crippen LogP contribution in [0.5, 0.6) is 0 Å². The summed E-state index contributed by atoms with van der Waals surface area (Å²) in [7, 11) is 0. The molecule has 82 valence electrons. The fourth-order valence-electron chi connectivity index (χ4n) is 1.79. The summed E-state index contributed by atoms with van der Waals surface area (Å²) >= 11 is 0. The molecule has 5 heteroatoms. The van der Waals surface area contributed by atoms with E-state index in [0.29, 0.717) is 5.82 Å². The fraction of sp³-hybridized carbons (Fsp3) is 0.600. The molecule has 5 nitrogen and oxygen atoms in total. The number of carboxylic acids is 1. The van der Waals surface area contributed by atoms with Gasteiger partial charge < -0.3 is 14.8 Å². The third-order valence-corrected chi connectivity index (χ3v) is 2.47. The molecule has 1 atom stereocenters. The minimum atomic E-state index is -0.868. The predicted molar refractivity (Wildman–Crippen MR) is 52.6 cm³/mol. The van der Waals surface area contributed by atoms with Gasteiger partial charge >= 0.3 is 5.97 Å². The van der Waals surface area contributed by atoms with E-state index in [2.05, 4.69) is 9.97 Å². The second kappa shape index (κ2) is 4.44. The van der Waals surface area contributed by atoms with Crippen molar-refractivity contribution in [1.29, 1.82) is 0 Å². The Kier molecular flexibility index (Phi) is 3.01. The van der Waals surface area contributed by atoms with Gasteiger partial charge in [0, 0.05) is 24.9 Å². The van der Waals surface area contributed by atoms with Crippen LogP contribution in [0.4, 0.5) is 0 Å². The van der Waals surface area contributed by atoms with Gasteiger partial charge in [-0.15, -0.1) is 0 Å². The summed E-state index contributed by atoms with van der Waals surface area (Å²) in [5.41, 5.74) is 0.957. The van der Waals surface area contributed by atoms with Crippen molar-refractivity contribution in [3.05, 3.63) is 17.7 Å². The SMILES string of the molecule is O=C(O)Cc1ncc(CC2CCCO2)[nH]1. The van der Waals surface area contributed by atoms with Crippen molar-refractivity contribution in [2.45, 2.75) is 31.8 Å². The van der Waals surface area contributed by atoms with Gasteiger partial charge in [-0.1, -0.05) is 0 Å². The molecule has 0 spiro atoms. The van der Waals surface area contributed by atoms with Gasteiger partial charge in [-0.05, 0) is 12.8 Å². The summed E-state index contributed by atoms with van der Waals surface area (Å²) in [4.78, 5) is 17.4. The number of aromatic nitrogens is 2. The van der Waals surface area contributed by atoms with Gasteiger partial charge in [0.05, 0.1) is 6.10 Å². The number of hydrogen-bond acceptors (Lipinski definition) is 3. The lowest BCUT2D eigenvalue weighted by Gasteiger charge is -2.06. The van der Waals surface area contributed by atoms with E-state index in [1.165, 1.54) is 0 Å². The second-order valence-corrected chi connectivity index (χ2v) is 3.76. The summed E-state index contributed by atoms with van der Waals surface area (Å²) in [6, 6.07) is 0. The topological polar surface area (TPSA) is 75.2 Å². The number of nitrogens with zero attached hydrogens (tertiary/aromatic N) is 1. The molecule has 15 heavy (non-hydrogen) atoms. The van der Waals surface area contributed by atoms with Gasteiger partial charge in [-0.25, -0.2) is 4.98 Å². The van der Waals surface area contributed by atoms with Crippen LogP contribution in [0.25, 0.3) is 0 Å². The first-order valence-electron chi connectivity index (χ1n) is 5.10. The number of aliphatic carboxylic acids is 1. The molecule has 0 bridgehead atoms. The number of imidazole rings is 1. The molecule has 1 aromatic rings. The van der Waals surface area contributed by atoms with Crippen LogP contribution in [0.2, 0.25) is 0 Å². The van der Waals surface area contributed by atoms with Crippen LogP contribution >= 0.6 is 0 Å². The Bertz CT molecular complexity index is 342. The minimum Gasteiger partial charge on any atom is -0.481 e. The summed E-state index contributed by atoms with van der Waals surface area (Å²) in [6.07, 6.45) is 4.90. The van der Waals surface area contributed by atoms with E-state index in [1.807, 2.05) is 0 Å². The smallest absolute Gasteiger partial charge is 0.311 e. The molecule has 1 aliphatic heterocycles. The number of aromatic amines is 1. The van der Waals surface area contributed by atoms with Crippen LogP contribution in [-0.4, -0.2) is 33.8 Å². The first-order valence-corrected chi connectivity index (χ1v) is 5.10. The summed E-state index contributed by atoms with van der Waals surface area (Å²) in [5.74, 6) is -0.358. The zero-order valence-corrected chi connectivity index (χ0v) is 8.40. The molecular weight excluding hydrogens is 196 g/mol. The maximum atomic E-state index is 10.4. The minimum absolute atomic E-state index is 0.0501. The van der Waals surface area contributed by atoms with E-state index < -0.39 is 5.97 Å². The molecule has 1 saturated heterocycles. The number of rotatable bonds is 4. The highest BCUT2D eigenvalue weighted by atomic mass is 16.5. The van der Waals surface area contributed by atoms with Crippen LogP contribution in [-0.2, 0) is 22.4 Å². The van der Waals surface area contributed by atoms with Gasteiger partial charge in [0.2, 0.25) is 0 Å². The Hall–Kier alpha value is -1.36. The van der Waals surface area contributed by atoms with Crippen LogP contribution in [0.15, 0.2) is 6.20 Å². The molecule has 2 rings (SSSR count). The highest BCUT2D eigenvalue weighted by Crippen LogP contribution is 2.16. The number of hydrogen-bond donors (Lipinski definition) is 2. The van der Waals surface area contributed by atoms with Crippen LogP contribution in [0.3, 0.4) is 0 Å². The molecule has 1 aliphatic rings. The van der Waals surface area contributed by atoms with Gasteiger partial charge in [-0.2, -0.15) is 0 Å². The lowest BCUT2D eigenvalue weighted by atomic mass is 10.1. The molecule has 1 fully saturated rings. The van der Waals surface area contributed by atoms with E-state index in [4.69, 9.17) is 9.84 Å². The van der Waals surface area contributed by atoms with Crippen LogP contribution in [0.1, 0.15) is 24.4 Å². The van der Waals surface area contributed by atoms with Crippen molar-refractivity contribution in [3.8, 4) is 0 Å². The van der Waals surface area contributed by atoms with Gasteiger partial charge in [0.25, 0.3) is 0 Å². The summed E-state index contributed by atoms with van der Waals surface area (Å²) < 4.78 is 5.48. The summed E-state index contributed by atoms with van der Waals surface area (Å²) in [5, 5.41) is 8.58. The molecule has 1 unspecified atom stereocenters. The van der Waals surface area contributed by atoms with E-state index >= 15 is 0 Å². The normalized spacial score (nSPS) is 20.7. The number of H-pyrrole nitrogens is 1. The first kappa shape index (κ1) is 10.2. The lowest BCUT2D eigenvalue weighted by molar-refractivity contribution is -0.136. The van der Waals surface area contributed by atoms with Crippen molar-refractivity contribution < 1.29 is 14.6 Å². The Labute approximate surface area is 87.5 Å². The average Bonchev–Trinajstić information content (AvgIpc) is 2.77. The zero-order valence-electron chi connectivity index (χ0n) is 8.40. The predicted octanol–water partition coefficient (Wildman–Crippen LogP) is 0.758. The molecule has 0 radical (unpaired) electrons. The standard InChI is InChI=1S/C10H14N2O3/c13-10(14)5-9-11-6-7(12-9)4-8-2-1-3-15-8/h6,8H,1-5H2,(H,11,12)(H,13,14). The van der Waals surface area contributed by atoms with E-state index in [-0.39, 0.29) is 12.5 Å². The van der Waals surface area contributed by atoms with Gasteiger partial charge in [-0.3, -0.25) is 4.79 Å². The molecule has 2 N–H and O–H groups in total. The maximum Gasteiger partial charge on any atom is 0.311 e. The molecule has 0 saturated carbocycles. The number of carboxylic acid groups (broad SMARTS) is 1. The van der Waals surface area contributed by atoms with Crippen molar-refractivity contribution in [3.63, 3.8) is 0 Å². The molecule has 2 heterocycles. The summed E-state index contributed by atoms with van der Waals surface area (Å²) in [6.45, 7) is 0.834. The average molecular weight is 210 g/mol. The van der Waals surface area contributed by atoms with Gasteiger partial charge in [0.1, 0.15) is 12.2 Å². The Balaban J connectivity index is 1.91. The third kappa shape index (κ3) is 2.79. The second-order valence-electron chi connectivity index (χ2n) is 3.76. The fourth-order valence-corrected chi connectivity index (χ4v) is 1.79. The molecule has 1 aromatic heterocycles. The lowest BCUT2D eigenvalue weighted by Crippen LogP contribution is -2.09. The molecule has 0 aromatic carbocycles. The quantitative estimate of drug-likeness (QED) is 0.769. The highest BCUT2D eigenvalue weighted by molar-refractivity contribution is 5.68. The van der Waals surface area contributed by atoms with Crippen molar-refractivity contribution in [2.24, 2.45) is 0 Å². The largest absolute Gasteiger partial charge is 0.481 e. The van der Waals surface area contributed by atoms with Crippen molar-refractivity contribution >= 4 is 5.97 Å². The van der Waals surface area contributed by atoms with Crippen LogP contribution < -0.4 is 0 Å². The number of ether oxygens (including phenoxy) is 1. The van der Waals surface area contributed by atoms with Crippen LogP contribution in [0, 0.1) is 0 Å². The Morgan fingerprint density at radius 2 is 2.60 bits per heavy atom. The number of nitrogens with one attached hydrogen (secondary N) is 1. The zero-order chi connectivity index (χ0) is 10.7. The Morgan fingerprint density at radius 3 is 3.27 bits per heavy atom. The maximum absolute atomic E-state index is 10.4. The van der Waals surface area contributed by atoms with Gasteiger partial charge in [0.15, 0.2) is 0 Å². The first-order chi connectivity index (χ1) is 7.24. The Morgan fingerprint density at radius 1 is 1.73 bits per heavy atom.